The highest BCUT2D eigenvalue weighted by Crippen LogP contribution is 2.30. The zero-order chi connectivity index (χ0) is 14.1. The lowest BCUT2D eigenvalue weighted by molar-refractivity contribution is 0.624. The summed E-state index contributed by atoms with van der Waals surface area (Å²) in [6.45, 7) is 8.62. The van der Waals surface area contributed by atoms with Crippen molar-refractivity contribution in [1.29, 1.82) is 0 Å². The number of hydrogen-bond donors (Lipinski definition) is 0. The number of pyridine rings is 1. The maximum atomic E-state index is 4.65. The lowest BCUT2D eigenvalue weighted by Gasteiger charge is -2.34. The Bertz CT molecular complexity index is 600. The van der Waals surface area contributed by atoms with Gasteiger partial charge >= 0.3 is 0 Å². The summed E-state index contributed by atoms with van der Waals surface area (Å²) in [6, 6.07) is 2.77. The molecule has 3 rings (SSSR count). The average Bonchev–Trinajstić information content (AvgIpc) is 2.94. The molecule has 4 nitrogen and oxygen atoms in total. The van der Waals surface area contributed by atoms with E-state index in [0.717, 1.165) is 30.8 Å². The number of anilines is 1. The van der Waals surface area contributed by atoms with Gasteiger partial charge in [-0.2, -0.15) is 5.10 Å². The molecule has 2 aromatic heterocycles. The second-order valence-electron chi connectivity index (χ2n) is 5.67. The molecule has 0 saturated carbocycles. The third-order valence-electron chi connectivity index (χ3n) is 4.00. The van der Waals surface area contributed by atoms with Gasteiger partial charge in [0.1, 0.15) is 0 Å². The van der Waals surface area contributed by atoms with Crippen LogP contribution in [0, 0.1) is 0 Å². The minimum absolute atomic E-state index is 0.532. The molecule has 0 saturated heterocycles. The molecule has 0 atom stereocenters. The van der Waals surface area contributed by atoms with Gasteiger partial charge in [-0.15, -0.1) is 0 Å². The van der Waals surface area contributed by atoms with Gasteiger partial charge in [0.2, 0.25) is 0 Å². The normalized spacial score (nSPS) is 14.7. The molecule has 0 radical (unpaired) electrons. The summed E-state index contributed by atoms with van der Waals surface area (Å²) in [6.07, 6.45) is 8.38. The van der Waals surface area contributed by atoms with Gasteiger partial charge in [0.15, 0.2) is 0 Å². The van der Waals surface area contributed by atoms with E-state index in [9.17, 15) is 0 Å². The first-order valence-corrected chi connectivity index (χ1v) is 7.47. The van der Waals surface area contributed by atoms with Crippen molar-refractivity contribution in [3.8, 4) is 11.3 Å². The van der Waals surface area contributed by atoms with Gasteiger partial charge in [-0.25, -0.2) is 0 Å². The standard InChI is InChI=1S/C16H22N4/c1-4-19-11-14(9-18-19)15-8-13-6-5-7-20(12(2)3)16(13)10-17-15/h8-12H,4-7H2,1-3H3. The van der Waals surface area contributed by atoms with Crippen LogP contribution in [-0.4, -0.2) is 27.4 Å². The molecule has 106 valence electrons. The van der Waals surface area contributed by atoms with Crippen LogP contribution in [0.4, 0.5) is 5.69 Å². The quantitative estimate of drug-likeness (QED) is 0.859. The lowest BCUT2D eigenvalue weighted by atomic mass is 10.0. The molecule has 0 spiro atoms. The molecule has 0 bridgehead atoms. The van der Waals surface area contributed by atoms with E-state index in [4.69, 9.17) is 0 Å². The van der Waals surface area contributed by atoms with Crippen LogP contribution in [0.15, 0.2) is 24.7 Å². The van der Waals surface area contributed by atoms with Gasteiger partial charge in [0.25, 0.3) is 0 Å². The number of fused-ring (bicyclic) bond motifs is 1. The zero-order valence-electron chi connectivity index (χ0n) is 12.5. The van der Waals surface area contributed by atoms with Gasteiger partial charge < -0.3 is 4.90 Å². The van der Waals surface area contributed by atoms with Crippen LogP contribution in [0.3, 0.4) is 0 Å². The molecule has 4 heteroatoms. The fourth-order valence-corrected chi connectivity index (χ4v) is 2.87. The van der Waals surface area contributed by atoms with Crippen LogP contribution >= 0.6 is 0 Å². The Morgan fingerprint density at radius 2 is 2.15 bits per heavy atom. The molecule has 0 aliphatic carbocycles. The van der Waals surface area contributed by atoms with E-state index >= 15 is 0 Å². The van der Waals surface area contributed by atoms with Crippen LogP contribution in [0.2, 0.25) is 0 Å². The zero-order valence-corrected chi connectivity index (χ0v) is 12.5. The predicted octanol–water partition coefficient (Wildman–Crippen LogP) is 3.13. The molecule has 0 amide bonds. The van der Waals surface area contributed by atoms with Gasteiger partial charge in [0, 0.05) is 30.9 Å². The van der Waals surface area contributed by atoms with Gasteiger partial charge in [0.05, 0.1) is 23.8 Å². The summed E-state index contributed by atoms with van der Waals surface area (Å²) in [5.74, 6) is 0. The molecular formula is C16H22N4. The minimum Gasteiger partial charge on any atom is -0.368 e. The Kier molecular flexibility index (Phi) is 3.47. The Labute approximate surface area is 120 Å². The molecule has 0 aromatic carbocycles. The van der Waals surface area contributed by atoms with Crippen molar-refractivity contribution in [2.24, 2.45) is 0 Å². The molecule has 0 N–H and O–H groups in total. The third-order valence-corrected chi connectivity index (χ3v) is 4.00. The molecule has 1 aliphatic heterocycles. The Morgan fingerprint density at radius 1 is 1.30 bits per heavy atom. The first-order valence-electron chi connectivity index (χ1n) is 7.47. The first-order chi connectivity index (χ1) is 9.69. The van der Waals surface area contributed by atoms with Crippen LogP contribution in [0.1, 0.15) is 32.8 Å². The number of rotatable bonds is 3. The summed E-state index contributed by atoms with van der Waals surface area (Å²) in [4.78, 5) is 7.10. The second-order valence-corrected chi connectivity index (χ2v) is 5.67. The van der Waals surface area contributed by atoms with E-state index in [-0.39, 0.29) is 0 Å². The van der Waals surface area contributed by atoms with E-state index in [1.165, 1.54) is 17.7 Å². The number of aryl methyl sites for hydroxylation is 2. The fraction of sp³-hybridized carbons (Fsp3) is 0.500. The largest absolute Gasteiger partial charge is 0.368 e. The van der Waals surface area contributed by atoms with Crippen LogP contribution in [-0.2, 0) is 13.0 Å². The monoisotopic (exact) mass is 270 g/mol. The fourth-order valence-electron chi connectivity index (χ4n) is 2.87. The van der Waals surface area contributed by atoms with Crippen LogP contribution < -0.4 is 4.90 Å². The van der Waals surface area contributed by atoms with Crippen molar-refractivity contribution in [1.82, 2.24) is 14.8 Å². The number of aromatic nitrogens is 3. The number of nitrogens with zero attached hydrogens (tertiary/aromatic N) is 4. The van der Waals surface area contributed by atoms with Crippen molar-refractivity contribution < 1.29 is 0 Å². The number of hydrogen-bond acceptors (Lipinski definition) is 3. The Hall–Kier alpha value is -1.84. The summed E-state index contributed by atoms with van der Waals surface area (Å²) in [5.41, 5.74) is 4.86. The van der Waals surface area contributed by atoms with Crippen LogP contribution in [0.5, 0.6) is 0 Å². The minimum atomic E-state index is 0.532. The highest BCUT2D eigenvalue weighted by molar-refractivity contribution is 5.64. The van der Waals surface area contributed by atoms with Crippen LogP contribution in [0.25, 0.3) is 11.3 Å². The van der Waals surface area contributed by atoms with Crippen molar-refractivity contribution in [2.75, 3.05) is 11.4 Å². The summed E-state index contributed by atoms with van der Waals surface area (Å²) in [7, 11) is 0. The lowest BCUT2D eigenvalue weighted by Crippen LogP contribution is -2.35. The topological polar surface area (TPSA) is 34.0 Å². The molecule has 20 heavy (non-hydrogen) atoms. The Morgan fingerprint density at radius 3 is 2.85 bits per heavy atom. The highest BCUT2D eigenvalue weighted by Gasteiger charge is 2.20. The van der Waals surface area contributed by atoms with E-state index in [1.807, 2.05) is 17.1 Å². The van der Waals surface area contributed by atoms with E-state index in [0.29, 0.717) is 6.04 Å². The van der Waals surface area contributed by atoms with Gasteiger partial charge in [-0.05, 0) is 45.2 Å². The maximum Gasteiger partial charge on any atom is 0.0737 e. The smallest absolute Gasteiger partial charge is 0.0737 e. The molecule has 0 fully saturated rings. The van der Waals surface area contributed by atoms with E-state index < -0.39 is 0 Å². The summed E-state index contributed by atoms with van der Waals surface area (Å²) >= 11 is 0. The van der Waals surface area contributed by atoms with Crippen molar-refractivity contribution in [3.05, 3.63) is 30.2 Å². The molecule has 0 unspecified atom stereocenters. The van der Waals surface area contributed by atoms with Gasteiger partial charge in [-0.3, -0.25) is 9.67 Å². The molecule has 1 aliphatic rings. The van der Waals surface area contributed by atoms with Gasteiger partial charge in [-0.1, -0.05) is 0 Å². The summed E-state index contributed by atoms with van der Waals surface area (Å²) in [5, 5.41) is 4.33. The molecule has 2 aromatic rings. The maximum absolute atomic E-state index is 4.65. The highest BCUT2D eigenvalue weighted by atomic mass is 15.3. The predicted molar refractivity (Wildman–Crippen MR) is 81.9 cm³/mol. The second kappa shape index (κ2) is 5.27. The molecular weight excluding hydrogens is 248 g/mol. The average molecular weight is 270 g/mol. The van der Waals surface area contributed by atoms with Crippen molar-refractivity contribution in [3.63, 3.8) is 0 Å². The van der Waals surface area contributed by atoms with Crippen molar-refractivity contribution >= 4 is 5.69 Å². The van der Waals surface area contributed by atoms with E-state index in [1.54, 1.807) is 0 Å². The SMILES string of the molecule is CCn1cc(-c2cc3c(cn2)N(C(C)C)CCC3)cn1. The summed E-state index contributed by atoms with van der Waals surface area (Å²) < 4.78 is 1.94. The van der Waals surface area contributed by atoms with Crippen molar-refractivity contribution in [2.45, 2.75) is 46.2 Å². The molecule has 3 heterocycles. The first kappa shape index (κ1) is 13.2. The third kappa shape index (κ3) is 2.30. The Balaban J connectivity index is 1.96. The van der Waals surface area contributed by atoms with E-state index in [2.05, 4.69) is 48.0 Å².